The molecule has 2 aromatic carbocycles. The van der Waals surface area contributed by atoms with E-state index in [2.05, 4.69) is 23.9 Å². The zero-order valence-electron chi connectivity index (χ0n) is 17.8. The first kappa shape index (κ1) is 22.9. The van der Waals surface area contributed by atoms with Crippen molar-refractivity contribution in [2.45, 2.75) is 64.5 Å². The van der Waals surface area contributed by atoms with E-state index in [4.69, 9.17) is 4.74 Å². The fourth-order valence-electron chi connectivity index (χ4n) is 2.80. The van der Waals surface area contributed by atoms with E-state index in [0.29, 0.717) is 11.4 Å². The SMILES string of the molecule is Cc1ccc(C(C)C)c(OC(C)C(=O)Nc2ccc(S(=O)(=O)NC(C)C)cc2)c1. The van der Waals surface area contributed by atoms with Gasteiger partial charge in [-0.25, -0.2) is 13.1 Å². The Morgan fingerprint density at radius 2 is 1.59 bits per heavy atom. The lowest BCUT2D eigenvalue weighted by atomic mass is 10.0. The first-order chi connectivity index (χ1) is 13.5. The molecular weight excluding hydrogens is 388 g/mol. The number of ether oxygens (including phenoxy) is 1. The molecule has 0 aromatic heterocycles. The molecule has 6 nitrogen and oxygen atoms in total. The molecule has 0 spiro atoms. The average Bonchev–Trinajstić information content (AvgIpc) is 2.60. The van der Waals surface area contributed by atoms with Crippen LogP contribution in [0.15, 0.2) is 47.4 Å². The quantitative estimate of drug-likeness (QED) is 0.672. The van der Waals surface area contributed by atoms with Crippen LogP contribution in [0, 0.1) is 6.92 Å². The minimum atomic E-state index is -3.57. The van der Waals surface area contributed by atoms with Gasteiger partial charge in [-0.15, -0.1) is 0 Å². The van der Waals surface area contributed by atoms with Gasteiger partial charge in [-0.05, 0) is 75.1 Å². The maximum Gasteiger partial charge on any atom is 0.265 e. The van der Waals surface area contributed by atoms with E-state index in [9.17, 15) is 13.2 Å². The summed E-state index contributed by atoms with van der Waals surface area (Å²) >= 11 is 0. The van der Waals surface area contributed by atoms with Crippen LogP contribution in [0.25, 0.3) is 0 Å². The van der Waals surface area contributed by atoms with Gasteiger partial charge in [-0.2, -0.15) is 0 Å². The molecule has 158 valence electrons. The average molecular weight is 419 g/mol. The zero-order chi connectivity index (χ0) is 21.8. The topological polar surface area (TPSA) is 84.5 Å². The lowest BCUT2D eigenvalue weighted by Gasteiger charge is -2.19. The highest BCUT2D eigenvalue weighted by molar-refractivity contribution is 7.89. The number of amides is 1. The maximum absolute atomic E-state index is 12.5. The Hall–Kier alpha value is -2.38. The van der Waals surface area contributed by atoms with Gasteiger partial charge in [0.25, 0.3) is 5.91 Å². The minimum absolute atomic E-state index is 0.148. The van der Waals surface area contributed by atoms with Crippen molar-refractivity contribution in [2.75, 3.05) is 5.32 Å². The third kappa shape index (κ3) is 6.30. The fraction of sp³-hybridized carbons (Fsp3) is 0.409. The number of carbonyl (C=O) groups excluding carboxylic acids is 1. The summed E-state index contributed by atoms with van der Waals surface area (Å²) in [4.78, 5) is 12.7. The van der Waals surface area contributed by atoms with Crippen molar-refractivity contribution in [1.82, 2.24) is 4.72 Å². The van der Waals surface area contributed by atoms with Crippen LogP contribution in [-0.2, 0) is 14.8 Å². The summed E-state index contributed by atoms with van der Waals surface area (Å²) < 4.78 is 32.8. The molecule has 1 amide bonds. The summed E-state index contributed by atoms with van der Waals surface area (Å²) in [6.45, 7) is 11.3. The fourth-order valence-corrected chi connectivity index (χ4v) is 4.06. The van der Waals surface area contributed by atoms with Crippen LogP contribution in [0.5, 0.6) is 5.75 Å². The van der Waals surface area contributed by atoms with Crippen LogP contribution in [0.3, 0.4) is 0 Å². The van der Waals surface area contributed by atoms with Crippen LogP contribution < -0.4 is 14.8 Å². The molecular formula is C22H30N2O4S. The monoisotopic (exact) mass is 418 g/mol. The smallest absolute Gasteiger partial charge is 0.265 e. The van der Waals surface area contributed by atoms with Gasteiger partial charge in [0.2, 0.25) is 10.0 Å². The Kier molecular flexibility index (Phi) is 7.43. The van der Waals surface area contributed by atoms with Crippen molar-refractivity contribution in [2.24, 2.45) is 0 Å². The van der Waals surface area contributed by atoms with Crippen LogP contribution in [0.2, 0.25) is 0 Å². The molecule has 29 heavy (non-hydrogen) atoms. The van der Waals surface area contributed by atoms with Crippen molar-refractivity contribution >= 4 is 21.6 Å². The number of carbonyl (C=O) groups is 1. The van der Waals surface area contributed by atoms with Crippen LogP contribution in [-0.4, -0.2) is 26.5 Å². The minimum Gasteiger partial charge on any atom is -0.481 e. The third-order valence-corrected chi connectivity index (χ3v) is 5.96. The van der Waals surface area contributed by atoms with Gasteiger partial charge in [0.05, 0.1) is 4.90 Å². The van der Waals surface area contributed by atoms with E-state index in [-0.39, 0.29) is 22.8 Å². The van der Waals surface area contributed by atoms with Crippen molar-refractivity contribution in [3.05, 3.63) is 53.6 Å². The highest BCUT2D eigenvalue weighted by Gasteiger charge is 2.19. The standard InChI is InChI=1S/C22H30N2O4S/c1-14(2)20-12-7-16(5)13-21(20)28-17(6)22(25)23-18-8-10-19(11-9-18)29(26,27)24-15(3)4/h7-15,17,24H,1-6H3,(H,23,25). The molecule has 1 atom stereocenters. The molecule has 0 heterocycles. The van der Waals surface area contributed by atoms with Crippen molar-refractivity contribution in [1.29, 1.82) is 0 Å². The molecule has 2 N–H and O–H groups in total. The zero-order valence-corrected chi connectivity index (χ0v) is 18.6. The third-order valence-electron chi connectivity index (χ3n) is 4.29. The highest BCUT2D eigenvalue weighted by Crippen LogP contribution is 2.28. The van der Waals surface area contributed by atoms with E-state index in [1.165, 1.54) is 12.1 Å². The van der Waals surface area contributed by atoms with Gasteiger partial charge in [-0.1, -0.05) is 26.0 Å². The van der Waals surface area contributed by atoms with E-state index in [0.717, 1.165) is 11.1 Å². The molecule has 0 saturated heterocycles. The molecule has 2 aromatic rings. The first-order valence-corrected chi connectivity index (χ1v) is 11.2. The van der Waals surface area contributed by atoms with Crippen molar-refractivity contribution < 1.29 is 17.9 Å². The molecule has 0 radical (unpaired) electrons. The summed E-state index contributed by atoms with van der Waals surface area (Å²) in [5.41, 5.74) is 2.61. The lowest BCUT2D eigenvalue weighted by molar-refractivity contribution is -0.122. The van der Waals surface area contributed by atoms with E-state index in [1.807, 2.05) is 25.1 Å². The molecule has 0 bridgehead atoms. The molecule has 1 unspecified atom stereocenters. The lowest BCUT2D eigenvalue weighted by Crippen LogP contribution is -2.31. The number of hydrogen-bond donors (Lipinski definition) is 2. The molecule has 0 aliphatic rings. The van der Waals surface area contributed by atoms with Crippen LogP contribution in [0.4, 0.5) is 5.69 Å². The maximum atomic E-state index is 12.5. The second-order valence-corrected chi connectivity index (χ2v) is 9.46. The van der Waals surface area contributed by atoms with Gasteiger partial charge < -0.3 is 10.1 Å². The summed E-state index contributed by atoms with van der Waals surface area (Å²) in [6, 6.07) is 11.8. The summed E-state index contributed by atoms with van der Waals surface area (Å²) in [7, 11) is -3.57. The molecule has 0 aliphatic carbocycles. The second kappa shape index (κ2) is 9.41. The number of aryl methyl sites for hydroxylation is 1. The number of rotatable bonds is 8. The Bertz CT molecular complexity index is 951. The Morgan fingerprint density at radius 3 is 2.14 bits per heavy atom. The number of nitrogens with one attached hydrogen (secondary N) is 2. The van der Waals surface area contributed by atoms with E-state index >= 15 is 0 Å². The Morgan fingerprint density at radius 1 is 0.966 bits per heavy atom. The number of hydrogen-bond acceptors (Lipinski definition) is 4. The summed E-state index contributed by atoms with van der Waals surface area (Å²) in [6.07, 6.45) is -0.708. The van der Waals surface area contributed by atoms with Gasteiger partial charge in [-0.3, -0.25) is 4.79 Å². The molecule has 0 aliphatic heterocycles. The van der Waals surface area contributed by atoms with Gasteiger partial charge >= 0.3 is 0 Å². The number of anilines is 1. The van der Waals surface area contributed by atoms with Crippen molar-refractivity contribution in [3.8, 4) is 5.75 Å². The first-order valence-electron chi connectivity index (χ1n) is 9.70. The predicted molar refractivity (Wildman–Crippen MR) is 116 cm³/mol. The predicted octanol–water partition coefficient (Wildman–Crippen LogP) is 4.21. The Labute approximate surface area is 173 Å². The van der Waals surface area contributed by atoms with Gasteiger partial charge in [0.15, 0.2) is 6.10 Å². The summed E-state index contributed by atoms with van der Waals surface area (Å²) in [5.74, 6) is 0.663. The largest absolute Gasteiger partial charge is 0.481 e. The van der Waals surface area contributed by atoms with Gasteiger partial charge in [0.1, 0.15) is 5.75 Å². The van der Waals surface area contributed by atoms with E-state index < -0.39 is 16.1 Å². The molecule has 0 saturated carbocycles. The molecule has 7 heteroatoms. The highest BCUT2D eigenvalue weighted by atomic mass is 32.2. The van der Waals surface area contributed by atoms with Crippen LogP contribution in [0.1, 0.15) is 51.7 Å². The molecule has 0 fully saturated rings. The Balaban J connectivity index is 2.08. The number of benzene rings is 2. The van der Waals surface area contributed by atoms with Crippen LogP contribution >= 0.6 is 0 Å². The van der Waals surface area contributed by atoms with Crippen molar-refractivity contribution in [3.63, 3.8) is 0 Å². The summed E-state index contributed by atoms with van der Waals surface area (Å²) in [5, 5.41) is 2.77. The molecule has 2 rings (SSSR count). The second-order valence-electron chi connectivity index (χ2n) is 7.75. The van der Waals surface area contributed by atoms with Gasteiger partial charge in [0, 0.05) is 11.7 Å². The normalized spacial score (nSPS) is 12.8. The number of sulfonamides is 1. The van der Waals surface area contributed by atoms with E-state index in [1.54, 1.807) is 32.9 Å².